The van der Waals surface area contributed by atoms with Crippen LogP contribution >= 0.6 is 0 Å². The fraction of sp³-hybridized carbons (Fsp3) is 0.455. The molecule has 0 spiro atoms. The minimum Gasteiger partial charge on any atom is -0.461 e. The Kier molecular flexibility index (Phi) is 3.66. The molecular formula is C11H16N2O2. The summed E-state index contributed by atoms with van der Waals surface area (Å²) < 4.78 is 4.86. The minimum absolute atomic E-state index is 0.211. The second-order valence-electron chi connectivity index (χ2n) is 3.54. The topological polar surface area (TPSA) is 65.2 Å². The van der Waals surface area contributed by atoms with Gasteiger partial charge in [0.1, 0.15) is 0 Å². The van der Waals surface area contributed by atoms with E-state index in [0.29, 0.717) is 12.3 Å². The second kappa shape index (κ2) is 4.77. The number of aromatic nitrogens is 1. The molecule has 15 heavy (non-hydrogen) atoms. The summed E-state index contributed by atoms with van der Waals surface area (Å²) in [5.41, 5.74) is 7.41. The number of carbonyl (C=O) groups is 1. The molecule has 1 rings (SSSR count). The van der Waals surface area contributed by atoms with Crippen molar-refractivity contribution in [2.24, 2.45) is 0 Å². The molecule has 4 heteroatoms. The number of ether oxygens (including phenoxy) is 1. The lowest BCUT2D eigenvalue weighted by atomic mass is 10.0. The largest absolute Gasteiger partial charge is 0.461 e. The van der Waals surface area contributed by atoms with Crippen LogP contribution in [0.5, 0.6) is 0 Å². The highest BCUT2D eigenvalue weighted by molar-refractivity contribution is 5.93. The van der Waals surface area contributed by atoms with Crippen molar-refractivity contribution in [2.75, 3.05) is 12.3 Å². The molecule has 0 atom stereocenters. The maximum atomic E-state index is 11.5. The fourth-order valence-corrected chi connectivity index (χ4v) is 1.35. The van der Waals surface area contributed by atoms with Crippen LogP contribution < -0.4 is 5.73 Å². The summed E-state index contributed by atoms with van der Waals surface area (Å²) in [4.78, 5) is 15.4. The molecule has 0 saturated carbocycles. The summed E-state index contributed by atoms with van der Waals surface area (Å²) in [5.74, 6) is -0.196. The molecule has 82 valence electrons. The monoisotopic (exact) mass is 208 g/mol. The summed E-state index contributed by atoms with van der Waals surface area (Å²) >= 11 is 0. The predicted octanol–water partition coefficient (Wildman–Crippen LogP) is 1.96. The van der Waals surface area contributed by atoms with Crippen molar-refractivity contribution in [3.63, 3.8) is 0 Å². The quantitative estimate of drug-likeness (QED) is 0.771. The van der Waals surface area contributed by atoms with Crippen molar-refractivity contribution in [3.8, 4) is 0 Å². The zero-order chi connectivity index (χ0) is 11.4. The maximum Gasteiger partial charge on any atom is 0.359 e. The summed E-state index contributed by atoms with van der Waals surface area (Å²) in [6.45, 7) is 6.10. The molecule has 0 aliphatic heterocycles. The zero-order valence-electron chi connectivity index (χ0n) is 9.28. The van der Waals surface area contributed by atoms with Gasteiger partial charge in [-0.05, 0) is 24.5 Å². The Hall–Kier alpha value is -1.58. The van der Waals surface area contributed by atoms with E-state index >= 15 is 0 Å². The van der Waals surface area contributed by atoms with E-state index in [1.807, 2.05) is 19.9 Å². The highest BCUT2D eigenvalue weighted by Crippen LogP contribution is 2.23. The van der Waals surface area contributed by atoms with Crippen molar-refractivity contribution >= 4 is 11.7 Å². The molecule has 1 aromatic heterocycles. The van der Waals surface area contributed by atoms with Crippen LogP contribution in [0.2, 0.25) is 0 Å². The molecule has 0 fully saturated rings. The first kappa shape index (κ1) is 11.5. The van der Waals surface area contributed by atoms with Crippen molar-refractivity contribution < 1.29 is 9.53 Å². The molecule has 4 nitrogen and oxygen atoms in total. The molecular weight excluding hydrogens is 192 g/mol. The molecule has 1 heterocycles. The lowest BCUT2D eigenvalue weighted by Crippen LogP contribution is -2.12. The third-order valence-electron chi connectivity index (χ3n) is 2.11. The maximum absolute atomic E-state index is 11.5. The normalized spacial score (nSPS) is 10.4. The van der Waals surface area contributed by atoms with Gasteiger partial charge >= 0.3 is 5.97 Å². The van der Waals surface area contributed by atoms with Crippen LogP contribution in [0.4, 0.5) is 5.69 Å². The highest BCUT2D eigenvalue weighted by Gasteiger charge is 2.16. The van der Waals surface area contributed by atoms with Gasteiger partial charge in [-0.25, -0.2) is 9.78 Å². The van der Waals surface area contributed by atoms with Gasteiger partial charge in [-0.3, -0.25) is 0 Å². The van der Waals surface area contributed by atoms with Crippen LogP contribution in [-0.2, 0) is 4.74 Å². The number of carbonyl (C=O) groups excluding carboxylic acids is 1. The summed E-state index contributed by atoms with van der Waals surface area (Å²) in [5, 5.41) is 0. The first-order valence-electron chi connectivity index (χ1n) is 4.99. The van der Waals surface area contributed by atoms with Gasteiger partial charge in [-0.15, -0.1) is 0 Å². The first-order chi connectivity index (χ1) is 7.07. The van der Waals surface area contributed by atoms with Crippen molar-refractivity contribution in [1.82, 2.24) is 4.98 Å². The van der Waals surface area contributed by atoms with Gasteiger partial charge in [0.15, 0.2) is 5.69 Å². The molecule has 0 aliphatic carbocycles. The zero-order valence-corrected chi connectivity index (χ0v) is 9.28. The molecule has 1 aromatic rings. The third-order valence-corrected chi connectivity index (χ3v) is 2.11. The lowest BCUT2D eigenvalue weighted by Gasteiger charge is -2.11. The van der Waals surface area contributed by atoms with E-state index in [2.05, 4.69) is 4.98 Å². The fourth-order valence-electron chi connectivity index (χ4n) is 1.35. The number of hydrogen-bond donors (Lipinski definition) is 1. The molecule has 0 aromatic carbocycles. The van der Waals surface area contributed by atoms with Gasteiger partial charge in [0.05, 0.1) is 12.3 Å². The van der Waals surface area contributed by atoms with E-state index in [1.54, 1.807) is 13.1 Å². The molecule has 0 bridgehead atoms. The molecule has 0 radical (unpaired) electrons. The average molecular weight is 208 g/mol. The molecule has 0 unspecified atom stereocenters. The molecule has 0 aliphatic rings. The van der Waals surface area contributed by atoms with Crippen LogP contribution in [0.3, 0.4) is 0 Å². The van der Waals surface area contributed by atoms with Gasteiger partial charge in [0.25, 0.3) is 0 Å². The Morgan fingerprint density at radius 1 is 1.60 bits per heavy atom. The first-order valence-corrected chi connectivity index (χ1v) is 4.99. The SMILES string of the molecule is CCOC(=O)c1nccc(C(C)C)c1N. The number of pyridine rings is 1. The Morgan fingerprint density at radius 3 is 2.80 bits per heavy atom. The van der Waals surface area contributed by atoms with E-state index in [4.69, 9.17) is 10.5 Å². The van der Waals surface area contributed by atoms with Crippen LogP contribution in [-0.4, -0.2) is 17.6 Å². The number of nitrogens with zero attached hydrogens (tertiary/aromatic N) is 1. The Labute approximate surface area is 89.5 Å². The van der Waals surface area contributed by atoms with E-state index in [0.717, 1.165) is 5.56 Å². The number of hydrogen-bond acceptors (Lipinski definition) is 4. The van der Waals surface area contributed by atoms with Crippen LogP contribution in [0.25, 0.3) is 0 Å². The Bertz CT molecular complexity index is 362. The number of rotatable bonds is 3. The lowest BCUT2D eigenvalue weighted by molar-refractivity contribution is 0.0521. The van der Waals surface area contributed by atoms with E-state index < -0.39 is 5.97 Å². The summed E-state index contributed by atoms with van der Waals surface area (Å²) in [7, 11) is 0. The van der Waals surface area contributed by atoms with Crippen molar-refractivity contribution in [2.45, 2.75) is 26.7 Å². The number of nitrogens with two attached hydrogens (primary N) is 1. The smallest absolute Gasteiger partial charge is 0.359 e. The van der Waals surface area contributed by atoms with Crippen molar-refractivity contribution in [3.05, 3.63) is 23.5 Å². The van der Waals surface area contributed by atoms with Crippen LogP contribution in [0.15, 0.2) is 12.3 Å². The molecule has 2 N–H and O–H groups in total. The van der Waals surface area contributed by atoms with Gasteiger partial charge in [-0.1, -0.05) is 13.8 Å². The van der Waals surface area contributed by atoms with Gasteiger partial charge < -0.3 is 10.5 Å². The molecule has 0 amide bonds. The minimum atomic E-state index is -0.461. The number of esters is 1. The average Bonchev–Trinajstić information content (AvgIpc) is 2.17. The molecule has 0 saturated heterocycles. The highest BCUT2D eigenvalue weighted by atomic mass is 16.5. The summed E-state index contributed by atoms with van der Waals surface area (Å²) in [6, 6.07) is 1.82. The predicted molar refractivity (Wildman–Crippen MR) is 58.7 cm³/mol. The third kappa shape index (κ3) is 2.46. The van der Waals surface area contributed by atoms with Gasteiger partial charge in [0, 0.05) is 6.20 Å². The Balaban J connectivity index is 3.09. The second-order valence-corrected chi connectivity index (χ2v) is 3.54. The van der Waals surface area contributed by atoms with E-state index in [1.165, 1.54) is 0 Å². The van der Waals surface area contributed by atoms with Crippen LogP contribution in [0, 0.1) is 0 Å². The van der Waals surface area contributed by atoms with Crippen LogP contribution in [0.1, 0.15) is 42.7 Å². The van der Waals surface area contributed by atoms with Gasteiger partial charge in [0.2, 0.25) is 0 Å². The standard InChI is InChI=1S/C11H16N2O2/c1-4-15-11(14)10-9(12)8(7(2)3)5-6-13-10/h5-7H,4,12H2,1-3H3. The van der Waals surface area contributed by atoms with Crippen molar-refractivity contribution in [1.29, 1.82) is 0 Å². The van der Waals surface area contributed by atoms with E-state index in [-0.39, 0.29) is 11.6 Å². The van der Waals surface area contributed by atoms with Gasteiger partial charge in [-0.2, -0.15) is 0 Å². The number of nitrogen functional groups attached to an aromatic ring is 1. The van der Waals surface area contributed by atoms with E-state index in [9.17, 15) is 4.79 Å². The Morgan fingerprint density at radius 2 is 2.27 bits per heavy atom. The number of anilines is 1. The summed E-state index contributed by atoms with van der Waals surface area (Å²) in [6.07, 6.45) is 1.58.